The molecule has 1 N–H and O–H groups in total. The monoisotopic (exact) mass is 415 g/mol. The number of ether oxygens (including phenoxy) is 2. The number of aromatic nitrogens is 1. The number of morpholine rings is 1. The Labute approximate surface area is 178 Å². The minimum Gasteiger partial charge on any atom is -0.389 e. The van der Waals surface area contributed by atoms with E-state index in [-0.39, 0.29) is 6.61 Å². The summed E-state index contributed by atoms with van der Waals surface area (Å²) in [5.74, 6) is 0.802. The molecule has 1 fully saturated rings. The van der Waals surface area contributed by atoms with Gasteiger partial charge in [-0.1, -0.05) is 48.5 Å². The van der Waals surface area contributed by atoms with Crippen LogP contribution in [0.5, 0.6) is 0 Å². The van der Waals surface area contributed by atoms with E-state index in [1.807, 2.05) is 30.3 Å². The fourth-order valence-corrected chi connectivity index (χ4v) is 3.69. The number of anilines is 1. The molecule has 0 bridgehead atoms. The fourth-order valence-electron chi connectivity index (χ4n) is 3.69. The summed E-state index contributed by atoms with van der Waals surface area (Å²) in [7, 11) is 0. The van der Waals surface area contributed by atoms with Crippen molar-refractivity contribution in [1.82, 2.24) is 10.1 Å². The van der Waals surface area contributed by atoms with Gasteiger partial charge in [0.25, 0.3) is 0 Å². The van der Waals surface area contributed by atoms with Gasteiger partial charge in [0.1, 0.15) is 5.69 Å². The summed E-state index contributed by atoms with van der Waals surface area (Å²) in [4.78, 5) is 4.44. The van der Waals surface area contributed by atoms with Crippen molar-refractivity contribution >= 4 is 5.88 Å². The Bertz CT molecular complexity index is 759. The molecule has 1 aliphatic rings. The number of hydrogen-bond donors (Lipinski definition) is 1. The largest absolute Gasteiger partial charge is 0.389 e. The second-order valence-electron chi connectivity index (χ2n) is 7.50. The standard InChI is InChI=1S/C23H33N3O4/c1-3-10-25(16-20(27)18-29-13-4-2)17-21-22(19-8-6-5-7-9-19)24-30-23(21)26-11-14-28-15-12-26/h4-9,20,27H,2-3,10-18H2,1H3/t20-/m0/s1. The van der Waals surface area contributed by atoms with Crippen LogP contribution in [0.1, 0.15) is 18.9 Å². The summed E-state index contributed by atoms with van der Waals surface area (Å²) in [6, 6.07) is 10.1. The normalized spacial score (nSPS) is 15.5. The lowest BCUT2D eigenvalue weighted by Gasteiger charge is -2.29. The van der Waals surface area contributed by atoms with Crippen LogP contribution in [0.4, 0.5) is 5.88 Å². The molecule has 30 heavy (non-hydrogen) atoms. The van der Waals surface area contributed by atoms with E-state index >= 15 is 0 Å². The van der Waals surface area contributed by atoms with Gasteiger partial charge in [0.05, 0.1) is 38.1 Å². The first kappa shape index (κ1) is 22.5. The van der Waals surface area contributed by atoms with Crippen molar-refractivity contribution in [2.24, 2.45) is 0 Å². The summed E-state index contributed by atoms with van der Waals surface area (Å²) in [5.41, 5.74) is 2.94. The van der Waals surface area contributed by atoms with Crippen LogP contribution >= 0.6 is 0 Å². The zero-order valence-corrected chi connectivity index (χ0v) is 17.8. The highest BCUT2D eigenvalue weighted by Crippen LogP contribution is 2.33. The lowest BCUT2D eigenvalue weighted by Crippen LogP contribution is -2.38. The average molecular weight is 416 g/mol. The molecule has 7 nitrogen and oxygen atoms in total. The Balaban J connectivity index is 1.82. The summed E-state index contributed by atoms with van der Waals surface area (Å²) in [5, 5.41) is 14.9. The van der Waals surface area contributed by atoms with E-state index < -0.39 is 6.10 Å². The molecule has 1 atom stereocenters. The Morgan fingerprint density at radius 1 is 1.30 bits per heavy atom. The van der Waals surface area contributed by atoms with Crippen LogP contribution in [0, 0.1) is 0 Å². The van der Waals surface area contributed by atoms with E-state index in [4.69, 9.17) is 14.0 Å². The first-order chi connectivity index (χ1) is 14.7. The predicted octanol–water partition coefficient (Wildman–Crippen LogP) is 2.95. The molecule has 1 aromatic heterocycles. The van der Waals surface area contributed by atoms with E-state index in [1.54, 1.807) is 6.08 Å². The maximum Gasteiger partial charge on any atom is 0.232 e. The SMILES string of the molecule is C=CCOC[C@@H](O)CN(CCC)Cc1c(-c2ccccc2)noc1N1CCOCC1. The van der Waals surface area contributed by atoms with E-state index in [2.05, 4.69) is 28.5 Å². The lowest BCUT2D eigenvalue weighted by molar-refractivity contribution is 0.0246. The Morgan fingerprint density at radius 2 is 2.07 bits per heavy atom. The fraction of sp³-hybridized carbons (Fsp3) is 0.522. The summed E-state index contributed by atoms with van der Waals surface area (Å²) in [6.45, 7) is 11.5. The molecule has 0 aliphatic carbocycles. The maximum absolute atomic E-state index is 10.4. The lowest BCUT2D eigenvalue weighted by atomic mass is 10.1. The van der Waals surface area contributed by atoms with E-state index in [0.29, 0.717) is 32.9 Å². The van der Waals surface area contributed by atoms with Crippen LogP contribution in [-0.2, 0) is 16.0 Å². The molecule has 0 spiro atoms. The second kappa shape index (κ2) is 11.9. The van der Waals surface area contributed by atoms with Gasteiger partial charge in [-0.2, -0.15) is 0 Å². The summed E-state index contributed by atoms with van der Waals surface area (Å²) >= 11 is 0. The molecule has 0 radical (unpaired) electrons. The van der Waals surface area contributed by atoms with Crippen molar-refractivity contribution in [1.29, 1.82) is 0 Å². The van der Waals surface area contributed by atoms with Crippen LogP contribution in [-0.4, -0.2) is 73.9 Å². The number of benzene rings is 1. The van der Waals surface area contributed by atoms with Crippen LogP contribution in [0.25, 0.3) is 11.3 Å². The molecular formula is C23H33N3O4. The number of nitrogens with zero attached hydrogens (tertiary/aromatic N) is 3. The minimum absolute atomic E-state index is 0.289. The van der Waals surface area contributed by atoms with Gasteiger partial charge in [-0.25, -0.2) is 0 Å². The minimum atomic E-state index is -0.566. The third kappa shape index (κ3) is 6.15. The first-order valence-corrected chi connectivity index (χ1v) is 10.7. The Morgan fingerprint density at radius 3 is 2.77 bits per heavy atom. The number of hydrogen-bond acceptors (Lipinski definition) is 7. The molecule has 2 aromatic rings. The quantitative estimate of drug-likeness (QED) is 0.422. The van der Waals surface area contributed by atoms with Crippen LogP contribution < -0.4 is 4.90 Å². The van der Waals surface area contributed by atoms with Crippen molar-refractivity contribution < 1.29 is 19.1 Å². The highest BCUT2D eigenvalue weighted by molar-refractivity contribution is 5.68. The van der Waals surface area contributed by atoms with Gasteiger partial charge in [0.15, 0.2) is 0 Å². The molecule has 1 aromatic carbocycles. The molecule has 0 amide bonds. The topological polar surface area (TPSA) is 71.2 Å². The first-order valence-electron chi connectivity index (χ1n) is 10.7. The summed E-state index contributed by atoms with van der Waals surface area (Å²) < 4.78 is 16.8. The zero-order chi connectivity index (χ0) is 21.2. The Hall–Kier alpha value is -2.19. The van der Waals surface area contributed by atoms with Crippen molar-refractivity contribution in [3.63, 3.8) is 0 Å². The van der Waals surface area contributed by atoms with Crippen molar-refractivity contribution in [3.8, 4) is 11.3 Å². The van der Waals surface area contributed by atoms with Crippen molar-refractivity contribution in [2.75, 3.05) is 57.5 Å². The molecule has 3 rings (SSSR count). The van der Waals surface area contributed by atoms with Crippen LogP contribution in [0.15, 0.2) is 47.5 Å². The van der Waals surface area contributed by atoms with Gasteiger partial charge in [-0.3, -0.25) is 4.90 Å². The van der Waals surface area contributed by atoms with Crippen LogP contribution in [0.3, 0.4) is 0 Å². The molecule has 0 unspecified atom stereocenters. The van der Waals surface area contributed by atoms with E-state index in [1.165, 1.54) is 0 Å². The van der Waals surface area contributed by atoms with Gasteiger partial charge >= 0.3 is 0 Å². The molecule has 1 saturated heterocycles. The number of rotatable bonds is 12. The Kier molecular flexibility index (Phi) is 8.89. The number of aliphatic hydroxyl groups excluding tert-OH is 1. The molecule has 1 aliphatic heterocycles. The highest BCUT2D eigenvalue weighted by Gasteiger charge is 2.26. The highest BCUT2D eigenvalue weighted by atomic mass is 16.5. The van der Waals surface area contributed by atoms with Gasteiger partial charge in [0.2, 0.25) is 5.88 Å². The second-order valence-corrected chi connectivity index (χ2v) is 7.50. The number of aliphatic hydroxyl groups is 1. The van der Waals surface area contributed by atoms with E-state index in [0.717, 1.165) is 48.8 Å². The predicted molar refractivity (Wildman–Crippen MR) is 118 cm³/mol. The smallest absolute Gasteiger partial charge is 0.232 e. The maximum atomic E-state index is 10.4. The van der Waals surface area contributed by atoms with Crippen molar-refractivity contribution in [2.45, 2.75) is 26.0 Å². The van der Waals surface area contributed by atoms with Gasteiger partial charge in [-0.05, 0) is 13.0 Å². The molecule has 164 valence electrons. The third-order valence-corrected chi connectivity index (χ3v) is 5.05. The molecule has 0 saturated carbocycles. The molecule has 2 heterocycles. The average Bonchev–Trinajstić information content (AvgIpc) is 3.19. The summed E-state index contributed by atoms with van der Waals surface area (Å²) in [6.07, 6.45) is 2.11. The molecule has 7 heteroatoms. The van der Waals surface area contributed by atoms with Crippen LogP contribution in [0.2, 0.25) is 0 Å². The zero-order valence-electron chi connectivity index (χ0n) is 17.8. The third-order valence-electron chi connectivity index (χ3n) is 5.05. The van der Waals surface area contributed by atoms with Crippen molar-refractivity contribution in [3.05, 3.63) is 48.6 Å². The van der Waals surface area contributed by atoms with Gasteiger partial charge in [-0.15, -0.1) is 6.58 Å². The van der Waals surface area contributed by atoms with Gasteiger partial charge in [0, 0.05) is 31.7 Å². The van der Waals surface area contributed by atoms with Gasteiger partial charge < -0.3 is 24.0 Å². The van der Waals surface area contributed by atoms with E-state index in [9.17, 15) is 5.11 Å². The molecular weight excluding hydrogens is 382 g/mol.